The summed E-state index contributed by atoms with van der Waals surface area (Å²) in [5, 5.41) is 6.21. The maximum atomic E-state index is 3.48. The molecule has 0 amide bonds. The average molecular weight is 266 g/mol. The molecule has 0 saturated heterocycles. The Labute approximate surface area is 120 Å². The number of rotatable bonds is 6. The van der Waals surface area contributed by atoms with Gasteiger partial charge in [0.05, 0.1) is 0 Å². The molecule has 0 atom stereocenters. The van der Waals surface area contributed by atoms with Crippen LogP contribution in [0.1, 0.15) is 19.8 Å². The third kappa shape index (κ3) is 2.44. The van der Waals surface area contributed by atoms with Gasteiger partial charge in [-0.1, -0.05) is 43.3 Å². The molecule has 0 spiro atoms. The zero-order chi connectivity index (χ0) is 13.8. The van der Waals surface area contributed by atoms with Crippen molar-refractivity contribution in [2.75, 3.05) is 13.1 Å². The normalized spacial score (nSPS) is 11.4. The lowest BCUT2D eigenvalue weighted by molar-refractivity contribution is 0.594. The Morgan fingerprint density at radius 3 is 2.05 bits per heavy atom. The Bertz CT molecular complexity index is 644. The van der Waals surface area contributed by atoms with Crippen LogP contribution in [0.2, 0.25) is 0 Å². The minimum atomic E-state index is 1.07. The van der Waals surface area contributed by atoms with E-state index in [0.29, 0.717) is 0 Å². The van der Waals surface area contributed by atoms with Gasteiger partial charge < -0.3 is 9.88 Å². The van der Waals surface area contributed by atoms with E-state index in [1.54, 1.807) is 0 Å². The number of benzene rings is 2. The summed E-state index contributed by atoms with van der Waals surface area (Å²) in [6.45, 7) is 5.49. The molecule has 1 N–H and O–H groups in total. The van der Waals surface area contributed by atoms with E-state index in [2.05, 4.69) is 65.3 Å². The van der Waals surface area contributed by atoms with Gasteiger partial charge in [-0.15, -0.1) is 0 Å². The molecule has 0 saturated carbocycles. The predicted octanol–water partition coefficient (Wildman–Crippen LogP) is 4.18. The van der Waals surface area contributed by atoms with Gasteiger partial charge in [0.15, 0.2) is 0 Å². The number of hydrogen-bond donors (Lipinski definition) is 1. The first-order chi connectivity index (χ1) is 9.92. The summed E-state index contributed by atoms with van der Waals surface area (Å²) in [4.78, 5) is 0. The van der Waals surface area contributed by atoms with Crippen molar-refractivity contribution in [3.05, 3.63) is 48.5 Å². The molecular weight excluding hydrogens is 244 g/mol. The quantitative estimate of drug-likeness (QED) is 0.662. The smallest absolute Gasteiger partial charge is 0.0491 e. The third-order valence-corrected chi connectivity index (χ3v) is 3.84. The largest absolute Gasteiger partial charge is 0.340 e. The molecule has 2 aromatic carbocycles. The van der Waals surface area contributed by atoms with Crippen molar-refractivity contribution in [1.29, 1.82) is 0 Å². The van der Waals surface area contributed by atoms with Gasteiger partial charge in [-0.2, -0.15) is 0 Å². The maximum absolute atomic E-state index is 3.48. The van der Waals surface area contributed by atoms with Gasteiger partial charge in [0.2, 0.25) is 0 Å². The maximum Gasteiger partial charge on any atom is 0.0491 e. The molecule has 0 unspecified atom stereocenters. The van der Waals surface area contributed by atoms with E-state index in [1.165, 1.54) is 34.6 Å². The van der Waals surface area contributed by atoms with Crippen LogP contribution >= 0.6 is 0 Å². The summed E-state index contributed by atoms with van der Waals surface area (Å²) in [7, 11) is 0. The van der Waals surface area contributed by atoms with Crippen LogP contribution in [0.3, 0.4) is 0 Å². The van der Waals surface area contributed by atoms with Crippen molar-refractivity contribution in [1.82, 2.24) is 9.88 Å². The highest BCUT2D eigenvalue weighted by Crippen LogP contribution is 2.28. The highest BCUT2D eigenvalue weighted by molar-refractivity contribution is 6.07. The zero-order valence-corrected chi connectivity index (χ0v) is 12.1. The first-order valence-corrected chi connectivity index (χ1v) is 7.58. The SMILES string of the molecule is CCCNCCCn1c2ccccc2c2ccccc21. The van der Waals surface area contributed by atoms with Crippen molar-refractivity contribution in [2.45, 2.75) is 26.3 Å². The summed E-state index contributed by atoms with van der Waals surface area (Å²) in [6.07, 6.45) is 2.37. The highest BCUT2D eigenvalue weighted by atomic mass is 15.0. The second-order valence-electron chi connectivity index (χ2n) is 5.29. The monoisotopic (exact) mass is 266 g/mol. The minimum absolute atomic E-state index is 1.07. The lowest BCUT2D eigenvalue weighted by Gasteiger charge is -2.08. The first-order valence-electron chi connectivity index (χ1n) is 7.58. The number of hydrogen-bond acceptors (Lipinski definition) is 1. The Morgan fingerprint density at radius 1 is 0.850 bits per heavy atom. The number of nitrogens with zero attached hydrogens (tertiary/aromatic N) is 1. The van der Waals surface area contributed by atoms with Crippen molar-refractivity contribution in [2.24, 2.45) is 0 Å². The fourth-order valence-electron chi connectivity index (χ4n) is 2.91. The Kier molecular flexibility index (Phi) is 4.03. The fourth-order valence-corrected chi connectivity index (χ4v) is 2.91. The highest BCUT2D eigenvalue weighted by Gasteiger charge is 2.08. The molecule has 0 aliphatic carbocycles. The topological polar surface area (TPSA) is 17.0 Å². The van der Waals surface area contributed by atoms with E-state index >= 15 is 0 Å². The van der Waals surface area contributed by atoms with Gasteiger partial charge in [0.1, 0.15) is 0 Å². The van der Waals surface area contributed by atoms with Crippen LogP contribution in [0.15, 0.2) is 48.5 Å². The number of nitrogens with one attached hydrogen (secondary N) is 1. The molecule has 104 valence electrons. The van der Waals surface area contributed by atoms with Crippen molar-refractivity contribution >= 4 is 21.8 Å². The molecule has 3 rings (SSSR count). The lowest BCUT2D eigenvalue weighted by atomic mass is 10.2. The minimum Gasteiger partial charge on any atom is -0.340 e. The van der Waals surface area contributed by atoms with Gasteiger partial charge >= 0.3 is 0 Å². The standard InChI is InChI=1S/C18H22N2/c1-2-12-19-13-7-14-20-17-10-5-3-8-15(17)16-9-4-6-11-18(16)20/h3-6,8-11,19H,2,7,12-14H2,1H3. The molecule has 0 aliphatic rings. The van der Waals surface area contributed by atoms with Gasteiger partial charge in [-0.25, -0.2) is 0 Å². The molecule has 0 bridgehead atoms. The van der Waals surface area contributed by atoms with Crippen molar-refractivity contribution in [3.8, 4) is 0 Å². The molecular formula is C18H22N2. The average Bonchev–Trinajstić information content (AvgIpc) is 2.82. The van der Waals surface area contributed by atoms with Crippen LogP contribution in [0.5, 0.6) is 0 Å². The van der Waals surface area contributed by atoms with Gasteiger partial charge in [-0.3, -0.25) is 0 Å². The Hall–Kier alpha value is -1.80. The predicted molar refractivity (Wildman–Crippen MR) is 87.2 cm³/mol. The molecule has 0 radical (unpaired) electrons. The summed E-state index contributed by atoms with van der Waals surface area (Å²) >= 11 is 0. The molecule has 1 aromatic heterocycles. The summed E-state index contributed by atoms with van der Waals surface area (Å²) in [5.41, 5.74) is 2.70. The second-order valence-corrected chi connectivity index (χ2v) is 5.29. The summed E-state index contributed by atoms with van der Waals surface area (Å²) in [5.74, 6) is 0. The van der Waals surface area contributed by atoms with Crippen LogP contribution in [0.25, 0.3) is 21.8 Å². The van der Waals surface area contributed by atoms with Crippen molar-refractivity contribution < 1.29 is 0 Å². The van der Waals surface area contributed by atoms with Gasteiger partial charge in [0, 0.05) is 28.4 Å². The number of aromatic nitrogens is 1. The number of fused-ring (bicyclic) bond motifs is 3. The third-order valence-electron chi connectivity index (χ3n) is 3.84. The first kappa shape index (κ1) is 13.2. The van der Waals surface area contributed by atoms with Gasteiger partial charge in [0.25, 0.3) is 0 Å². The van der Waals surface area contributed by atoms with E-state index in [0.717, 1.165) is 19.6 Å². The van der Waals surface area contributed by atoms with Crippen LogP contribution in [0.4, 0.5) is 0 Å². The summed E-state index contributed by atoms with van der Waals surface area (Å²) in [6, 6.07) is 17.4. The molecule has 0 aliphatic heterocycles. The summed E-state index contributed by atoms with van der Waals surface area (Å²) < 4.78 is 2.46. The molecule has 0 fully saturated rings. The molecule has 2 heteroatoms. The van der Waals surface area contributed by atoms with Crippen LogP contribution in [0, 0.1) is 0 Å². The van der Waals surface area contributed by atoms with Crippen molar-refractivity contribution in [3.63, 3.8) is 0 Å². The van der Waals surface area contributed by atoms with Gasteiger partial charge in [-0.05, 0) is 38.1 Å². The van der Waals surface area contributed by atoms with Crippen LogP contribution in [-0.4, -0.2) is 17.7 Å². The molecule has 1 heterocycles. The van der Waals surface area contributed by atoms with E-state index in [-0.39, 0.29) is 0 Å². The Balaban J connectivity index is 1.91. The van der Waals surface area contributed by atoms with E-state index in [4.69, 9.17) is 0 Å². The van der Waals surface area contributed by atoms with E-state index < -0.39 is 0 Å². The van der Waals surface area contributed by atoms with E-state index in [1.807, 2.05) is 0 Å². The molecule has 20 heavy (non-hydrogen) atoms. The van der Waals surface area contributed by atoms with E-state index in [9.17, 15) is 0 Å². The van der Waals surface area contributed by atoms with Crippen LogP contribution in [-0.2, 0) is 6.54 Å². The lowest BCUT2D eigenvalue weighted by Crippen LogP contribution is -2.17. The number of para-hydroxylation sites is 2. The fraction of sp³-hybridized carbons (Fsp3) is 0.333. The molecule has 2 nitrogen and oxygen atoms in total. The Morgan fingerprint density at radius 2 is 1.45 bits per heavy atom. The number of aryl methyl sites for hydroxylation is 1. The second kappa shape index (κ2) is 6.10. The zero-order valence-electron chi connectivity index (χ0n) is 12.1. The van der Waals surface area contributed by atoms with Crippen LogP contribution < -0.4 is 5.32 Å². The molecule has 3 aromatic rings.